The molecule has 32 heavy (non-hydrogen) atoms. The predicted molar refractivity (Wildman–Crippen MR) is 120 cm³/mol. The summed E-state index contributed by atoms with van der Waals surface area (Å²) in [6, 6.07) is 9.98. The highest BCUT2D eigenvalue weighted by Gasteiger charge is 2.24. The van der Waals surface area contributed by atoms with Crippen LogP contribution in [0.25, 0.3) is 0 Å². The largest absolute Gasteiger partial charge is 0.449 e. The number of carbonyl (C=O) groups excluding carboxylic acids is 3. The maximum atomic E-state index is 12.9. The Hall–Kier alpha value is -3.40. The lowest BCUT2D eigenvalue weighted by Crippen LogP contribution is -2.46. The lowest BCUT2D eigenvalue weighted by Gasteiger charge is -2.15. The SMILES string of the molecule is Cc1ccc(NS(=O)(=O)c2cc(C(=O)OC(C)C(=O)NC(=O)NC(C)C)ccc2C)cc1. The first-order valence-electron chi connectivity index (χ1n) is 9.91. The molecule has 0 aromatic heterocycles. The molecule has 1 atom stereocenters. The van der Waals surface area contributed by atoms with Gasteiger partial charge in [-0.25, -0.2) is 18.0 Å². The number of anilines is 1. The molecule has 0 saturated carbocycles. The number of ether oxygens (including phenoxy) is 1. The summed E-state index contributed by atoms with van der Waals surface area (Å²) < 4.78 is 33.3. The highest BCUT2D eigenvalue weighted by molar-refractivity contribution is 7.92. The van der Waals surface area contributed by atoms with Gasteiger partial charge in [-0.3, -0.25) is 14.8 Å². The molecule has 3 N–H and O–H groups in total. The van der Waals surface area contributed by atoms with Crippen molar-refractivity contribution in [1.82, 2.24) is 10.6 Å². The van der Waals surface area contributed by atoms with Crippen molar-refractivity contribution in [3.63, 3.8) is 0 Å². The van der Waals surface area contributed by atoms with E-state index in [4.69, 9.17) is 4.74 Å². The molecule has 0 radical (unpaired) electrons. The minimum Gasteiger partial charge on any atom is -0.449 e. The molecule has 2 rings (SSSR count). The standard InChI is InChI=1S/C22H27N3O6S/c1-13(2)23-22(28)24-20(26)16(5)31-21(27)17-9-8-15(4)19(12-17)32(29,30)25-18-10-6-14(3)7-11-18/h6-13,16,25H,1-5H3,(H2,23,24,26,28). The molecule has 2 aromatic carbocycles. The van der Waals surface area contributed by atoms with Gasteiger partial charge in [-0.15, -0.1) is 0 Å². The summed E-state index contributed by atoms with van der Waals surface area (Å²) in [6.07, 6.45) is -1.27. The average molecular weight is 462 g/mol. The lowest BCUT2D eigenvalue weighted by molar-refractivity contribution is -0.127. The lowest BCUT2D eigenvalue weighted by atomic mass is 10.1. The van der Waals surface area contributed by atoms with Gasteiger partial charge in [-0.1, -0.05) is 23.8 Å². The average Bonchev–Trinajstić information content (AvgIpc) is 2.68. The fourth-order valence-electron chi connectivity index (χ4n) is 2.64. The van der Waals surface area contributed by atoms with E-state index in [0.717, 1.165) is 5.56 Å². The summed E-state index contributed by atoms with van der Waals surface area (Å²) in [5, 5.41) is 4.55. The van der Waals surface area contributed by atoms with Crippen molar-refractivity contribution >= 4 is 33.6 Å². The van der Waals surface area contributed by atoms with Gasteiger partial charge in [0, 0.05) is 11.7 Å². The number of carbonyl (C=O) groups is 3. The van der Waals surface area contributed by atoms with E-state index in [0.29, 0.717) is 11.3 Å². The summed E-state index contributed by atoms with van der Waals surface area (Å²) in [5.41, 5.74) is 1.74. The summed E-state index contributed by atoms with van der Waals surface area (Å²) in [5.74, 6) is -1.71. The van der Waals surface area contributed by atoms with Crippen LogP contribution in [0, 0.1) is 13.8 Å². The van der Waals surface area contributed by atoms with E-state index >= 15 is 0 Å². The Morgan fingerprint density at radius 3 is 2.16 bits per heavy atom. The van der Waals surface area contributed by atoms with Crippen molar-refractivity contribution in [2.24, 2.45) is 0 Å². The third kappa shape index (κ3) is 6.81. The van der Waals surface area contributed by atoms with Crippen LogP contribution < -0.4 is 15.4 Å². The molecule has 0 saturated heterocycles. The van der Waals surface area contributed by atoms with Crippen molar-refractivity contribution in [2.75, 3.05) is 4.72 Å². The summed E-state index contributed by atoms with van der Waals surface area (Å²) in [4.78, 5) is 36.1. The van der Waals surface area contributed by atoms with Gasteiger partial charge in [-0.05, 0) is 64.4 Å². The molecule has 3 amide bonds. The number of nitrogens with one attached hydrogen (secondary N) is 3. The number of benzene rings is 2. The quantitative estimate of drug-likeness (QED) is 0.544. The molecule has 1 unspecified atom stereocenters. The molecule has 0 bridgehead atoms. The van der Waals surface area contributed by atoms with Gasteiger partial charge in [0.15, 0.2) is 6.10 Å². The molecule has 0 aliphatic rings. The molecule has 0 heterocycles. The molecule has 0 aliphatic carbocycles. The fraction of sp³-hybridized carbons (Fsp3) is 0.318. The Morgan fingerprint density at radius 1 is 0.938 bits per heavy atom. The second kappa shape index (κ2) is 10.3. The van der Waals surface area contributed by atoms with Gasteiger partial charge in [0.1, 0.15) is 0 Å². The van der Waals surface area contributed by atoms with Crippen LogP contribution >= 0.6 is 0 Å². The molecule has 172 valence electrons. The minimum atomic E-state index is -3.98. The topological polar surface area (TPSA) is 131 Å². The third-order valence-corrected chi connectivity index (χ3v) is 5.85. The maximum Gasteiger partial charge on any atom is 0.338 e. The number of hydrogen-bond acceptors (Lipinski definition) is 6. The number of aryl methyl sites for hydroxylation is 2. The Bertz CT molecular complexity index is 1110. The molecular formula is C22H27N3O6S. The molecule has 10 heteroatoms. The highest BCUT2D eigenvalue weighted by Crippen LogP contribution is 2.22. The van der Waals surface area contributed by atoms with Crippen LogP contribution in [0.15, 0.2) is 47.4 Å². The van der Waals surface area contributed by atoms with Gasteiger partial charge in [0.05, 0.1) is 10.5 Å². The van der Waals surface area contributed by atoms with Crippen LogP contribution in [0.2, 0.25) is 0 Å². The minimum absolute atomic E-state index is 0.0498. The van der Waals surface area contributed by atoms with Crippen LogP contribution in [0.4, 0.5) is 10.5 Å². The summed E-state index contributed by atoms with van der Waals surface area (Å²) >= 11 is 0. The smallest absolute Gasteiger partial charge is 0.338 e. The van der Waals surface area contributed by atoms with Gasteiger partial charge in [0.2, 0.25) is 0 Å². The van der Waals surface area contributed by atoms with Crippen molar-refractivity contribution in [1.29, 1.82) is 0 Å². The van der Waals surface area contributed by atoms with E-state index in [1.807, 2.05) is 6.92 Å². The van der Waals surface area contributed by atoms with Crippen LogP contribution in [-0.4, -0.2) is 38.5 Å². The highest BCUT2D eigenvalue weighted by atomic mass is 32.2. The first-order valence-corrected chi connectivity index (χ1v) is 11.4. The second-order valence-electron chi connectivity index (χ2n) is 7.62. The molecule has 9 nitrogen and oxygen atoms in total. The van der Waals surface area contributed by atoms with Gasteiger partial charge >= 0.3 is 12.0 Å². The first kappa shape index (κ1) is 24.9. The number of esters is 1. The van der Waals surface area contributed by atoms with E-state index in [-0.39, 0.29) is 16.5 Å². The zero-order valence-electron chi connectivity index (χ0n) is 18.6. The molecular weight excluding hydrogens is 434 g/mol. The van der Waals surface area contributed by atoms with Crippen molar-refractivity contribution in [3.05, 3.63) is 59.2 Å². The number of hydrogen-bond donors (Lipinski definition) is 3. The second-order valence-corrected chi connectivity index (χ2v) is 9.27. The Balaban J connectivity index is 2.15. The predicted octanol–water partition coefficient (Wildman–Crippen LogP) is 2.88. The van der Waals surface area contributed by atoms with Crippen molar-refractivity contribution < 1.29 is 27.5 Å². The van der Waals surface area contributed by atoms with E-state index in [1.54, 1.807) is 45.0 Å². The molecule has 2 aromatic rings. The van der Waals surface area contributed by atoms with E-state index < -0.39 is 34.0 Å². The van der Waals surface area contributed by atoms with E-state index in [1.165, 1.54) is 25.1 Å². The molecule has 0 aliphatic heterocycles. The molecule has 0 fully saturated rings. The summed E-state index contributed by atoms with van der Waals surface area (Å²) in [6.45, 7) is 8.24. The van der Waals surface area contributed by atoms with Gasteiger partial charge in [0.25, 0.3) is 15.9 Å². The van der Waals surface area contributed by atoms with Crippen LogP contribution in [0.5, 0.6) is 0 Å². The van der Waals surface area contributed by atoms with E-state index in [2.05, 4.69) is 15.4 Å². The van der Waals surface area contributed by atoms with Crippen LogP contribution in [-0.2, 0) is 19.6 Å². The van der Waals surface area contributed by atoms with Crippen molar-refractivity contribution in [2.45, 2.75) is 51.7 Å². The zero-order chi connectivity index (χ0) is 24.1. The van der Waals surface area contributed by atoms with Crippen LogP contribution in [0.1, 0.15) is 42.3 Å². The number of amides is 3. The number of imide groups is 1. The third-order valence-electron chi connectivity index (χ3n) is 4.33. The molecule has 0 spiro atoms. The monoisotopic (exact) mass is 461 g/mol. The maximum absolute atomic E-state index is 12.9. The van der Waals surface area contributed by atoms with Gasteiger partial charge in [-0.2, -0.15) is 0 Å². The van der Waals surface area contributed by atoms with E-state index in [9.17, 15) is 22.8 Å². The Labute approximate surface area is 187 Å². The van der Waals surface area contributed by atoms with Crippen molar-refractivity contribution in [3.8, 4) is 0 Å². The zero-order valence-corrected chi connectivity index (χ0v) is 19.4. The fourth-order valence-corrected chi connectivity index (χ4v) is 3.97. The Kier molecular flexibility index (Phi) is 7.98. The number of rotatable bonds is 7. The van der Waals surface area contributed by atoms with Crippen LogP contribution in [0.3, 0.4) is 0 Å². The number of sulfonamides is 1. The van der Waals surface area contributed by atoms with Gasteiger partial charge < -0.3 is 10.1 Å². The normalized spacial score (nSPS) is 12.1. The number of urea groups is 1. The summed E-state index contributed by atoms with van der Waals surface area (Å²) in [7, 11) is -3.98. The first-order chi connectivity index (χ1) is 14.9. The Morgan fingerprint density at radius 2 is 1.56 bits per heavy atom.